The van der Waals surface area contributed by atoms with E-state index in [9.17, 15) is 14.4 Å². The topological polar surface area (TPSA) is 69.7 Å². The smallest absolute Gasteiger partial charge is 0.262 e. The lowest BCUT2D eigenvalue weighted by molar-refractivity contribution is -0.133. The van der Waals surface area contributed by atoms with E-state index in [1.165, 1.54) is 0 Å². The molecule has 6 heteroatoms. The molecule has 0 spiro atoms. The van der Waals surface area contributed by atoms with Crippen LogP contribution >= 0.6 is 0 Å². The number of likely N-dealkylation sites (tertiary alicyclic amines) is 1. The number of benzene rings is 1. The van der Waals surface area contributed by atoms with Crippen molar-refractivity contribution in [2.75, 3.05) is 26.7 Å². The molecule has 1 aromatic rings. The van der Waals surface area contributed by atoms with E-state index < -0.39 is 6.04 Å². The molecule has 0 radical (unpaired) electrons. The van der Waals surface area contributed by atoms with Crippen molar-refractivity contribution in [3.05, 3.63) is 34.9 Å². The lowest BCUT2D eigenvalue weighted by Gasteiger charge is -2.26. The molecule has 3 rings (SSSR count). The van der Waals surface area contributed by atoms with Gasteiger partial charge in [0.25, 0.3) is 11.8 Å². The zero-order chi connectivity index (χ0) is 17.4. The van der Waals surface area contributed by atoms with Gasteiger partial charge in [0.05, 0.1) is 11.1 Å². The molecule has 0 saturated carbocycles. The van der Waals surface area contributed by atoms with Gasteiger partial charge < -0.3 is 10.2 Å². The fourth-order valence-corrected chi connectivity index (χ4v) is 3.59. The van der Waals surface area contributed by atoms with Gasteiger partial charge in [-0.3, -0.25) is 19.3 Å². The Morgan fingerprint density at radius 3 is 2.71 bits per heavy atom. The highest BCUT2D eigenvalue weighted by Crippen LogP contribution is 2.27. The Morgan fingerprint density at radius 1 is 1.29 bits per heavy atom. The molecule has 2 aliphatic rings. The van der Waals surface area contributed by atoms with Gasteiger partial charge in [-0.25, -0.2) is 0 Å². The van der Waals surface area contributed by atoms with Gasteiger partial charge in [0.15, 0.2) is 0 Å². The second-order valence-electron chi connectivity index (χ2n) is 6.70. The van der Waals surface area contributed by atoms with Crippen LogP contribution in [-0.4, -0.2) is 60.2 Å². The lowest BCUT2D eigenvalue weighted by atomic mass is 10.1. The number of amides is 3. The minimum atomic E-state index is -0.772. The molecule has 3 amide bonds. The summed E-state index contributed by atoms with van der Waals surface area (Å²) in [6.45, 7) is 5.73. The molecule has 1 saturated heterocycles. The molecule has 2 unspecified atom stereocenters. The highest BCUT2D eigenvalue weighted by molar-refractivity contribution is 6.22. The highest BCUT2D eigenvalue weighted by atomic mass is 16.2. The summed E-state index contributed by atoms with van der Waals surface area (Å²) < 4.78 is 0. The summed E-state index contributed by atoms with van der Waals surface area (Å²) in [4.78, 5) is 40.8. The zero-order valence-corrected chi connectivity index (χ0v) is 14.3. The summed E-state index contributed by atoms with van der Waals surface area (Å²) in [6.07, 6.45) is 0.945. The quantitative estimate of drug-likeness (QED) is 0.838. The molecule has 2 heterocycles. The molecule has 2 aliphatic heterocycles. The number of carbonyl (C=O) groups is 3. The van der Waals surface area contributed by atoms with E-state index in [4.69, 9.17) is 0 Å². The molecule has 128 valence electrons. The Balaban J connectivity index is 1.76. The third kappa shape index (κ3) is 2.71. The lowest BCUT2D eigenvalue weighted by Crippen LogP contribution is -2.49. The summed E-state index contributed by atoms with van der Waals surface area (Å²) in [7, 11) is 1.90. The van der Waals surface area contributed by atoms with Crippen LogP contribution in [0.1, 0.15) is 39.6 Å². The van der Waals surface area contributed by atoms with Gasteiger partial charge in [0.1, 0.15) is 6.04 Å². The fraction of sp³-hybridized carbons (Fsp3) is 0.500. The monoisotopic (exact) mass is 329 g/mol. The van der Waals surface area contributed by atoms with Gasteiger partial charge in [0.2, 0.25) is 5.91 Å². The largest absolute Gasteiger partial charge is 0.341 e. The number of rotatable bonds is 4. The van der Waals surface area contributed by atoms with Gasteiger partial charge in [-0.2, -0.15) is 0 Å². The summed E-state index contributed by atoms with van der Waals surface area (Å²) in [5.74, 6) is -0.469. The highest BCUT2D eigenvalue weighted by Gasteiger charge is 2.42. The van der Waals surface area contributed by atoms with Crippen LogP contribution in [0.15, 0.2) is 18.2 Å². The second-order valence-corrected chi connectivity index (χ2v) is 6.70. The number of nitrogens with one attached hydrogen (secondary N) is 1. The van der Waals surface area contributed by atoms with Crippen molar-refractivity contribution in [3.8, 4) is 0 Å². The van der Waals surface area contributed by atoms with Crippen LogP contribution in [0.5, 0.6) is 0 Å². The van der Waals surface area contributed by atoms with E-state index in [0.717, 1.165) is 23.4 Å². The number of aryl methyl sites for hydroxylation is 1. The van der Waals surface area contributed by atoms with Crippen molar-refractivity contribution < 1.29 is 14.4 Å². The maximum atomic E-state index is 12.8. The van der Waals surface area contributed by atoms with Gasteiger partial charge >= 0.3 is 0 Å². The molecule has 24 heavy (non-hydrogen) atoms. The Morgan fingerprint density at radius 2 is 2.00 bits per heavy atom. The van der Waals surface area contributed by atoms with Crippen molar-refractivity contribution in [3.63, 3.8) is 0 Å². The van der Waals surface area contributed by atoms with Gasteiger partial charge in [-0.05, 0) is 51.9 Å². The van der Waals surface area contributed by atoms with Crippen LogP contribution in [0, 0.1) is 12.8 Å². The van der Waals surface area contributed by atoms with E-state index in [0.29, 0.717) is 30.1 Å². The summed E-state index contributed by atoms with van der Waals surface area (Å²) in [6, 6.07) is 4.42. The van der Waals surface area contributed by atoms with Gasteiger partial charge in [-0.1, -0.05) is 11.6 Å². The molecular weight excluding hydrogens is 306 g/mol. The number of hydrogen-bond donors (Lipinski definition) is 1. The van der Waals surface area contributed by atoms with Crippen LogP contribution in [-0.2, 0) is 4.79 Å². The summed E-state index contributed by atoms with van der Waals surface area (Å²) >= 11 is 0. The van der Waals surface area contributed by atoms with Crippen LogP contribution in [0.4, 0.5) is 0 Å². The minimum Gasteiger partial charge on any atom is -0.341 e. The Hall–Kier alpha value is -2.21. The van der Waals surface area contributed by atoms with Gasteiger partial charge in [-0.15, -0.1) is 0 Å². The first-order chi connectivity index (χ1) is 11.4. The zero-order valence-electron chi connectivity index (χ0n) is 14.3. The Bertz CT molecular complexity index is 701. The molecule has 1 aromatic carbocycles. The maximum Gasteiger partial charge on any atom is 0.262 e. The van der Waals surface area contributed by atoms with Crippen molar-refractivity contribution in [2.45, 2.75) is 26.3 Å². The van der Waals surface area contributed by atoms with E-state index in [1.807, 2.05) is 20.0 Å². The number of imide groups is 1. The molecule has 6 nitrogen and oxygen atoms in total. The number of carbonyl (C=O) groups excluding carboxylic acids is 3. The number of nitrogens with zero attached hydrogens (tertiary/aromatic N) is 2. The number of fused-ring (bicyclic) bond motifs is 1. The fourth-order valence-electron chi connectivity index (χ4n) is 3.59. The van der Waals surface area contributed by atoms with Crippen LogP contribution in [0.2, 0.25) is 0 Å². The molecule has 1 fully saturated rings. The van der Waals surface area contributed by atoms with Crippen molar-refractivity contribution in [2.24, 2.45) is 5.92 Å². The summed E-state index contributed by atoms with van der Waals surface area (Å²) in [5, 5.41) is 3.13. The third-order valence-electron chi connectivity index (χ3n) is 4.91. The first kappa shape index (κ1) is 16.6. The maximum absolute atomic E-state index is 12.8. The predicted octanol–water partition coefficient (Wildman–Crippen LogP) is 1.05. The van der Waals surface area contributed by atoms with Gasteiger partial charge in [0, 0.05) is 13.1 Å². The Kier molecular flexibility index (Phi) is 4.41. The molecule has 0 bridgehead atoms. The molecule has 1 N–H and O–H groups in total. The number of hydrogen-bond acceptors (Lipinski definition) is 4. The van der Waals surface area contributed by atoms with Crippen LogP contribution in [0.25, 0.3) is 0 Å². The molecule has 0 aromatic heterocycles. The van der Waals surface area contributed by atoms with Crippen LogP contribution < -0.4 is 5.32 Å². The SMILES string of the molecule is CNCC1CCN(C(=O)C(C)N2C(=O)c3ccc(C)cc3C2=O)C1. The third-order valence-corrected chi connectivity index (χ3v) is 4.91. The van der Waals surface area contributed by atoms with E-state index in [2.05, 4.69) is 5.32 Å². The van der Waals surface area contributed by atoms with E-state index in [1.54, 1.807) is 24.0 Å². The average Bonchev–Trinajstić information content (AvgIpc) is 3.11. The first-order valence-corrected chi connectivity index (χ1v) is 8.36. The van der Waals surface area contributed by atoms with E-state index >= 15 is 0 Å². The normalized spacial score (nSPS) is 21.4. The van der Waals surface area contributed by atoms with E-state index in [-0.39, 0.29) is 17.7 Å². The Labute approximate surface area is 141 Å². The minimum absolute atomic E-state index is 0.153. The molecule has 2 atom stereocenters. The second kappa shape index (κ2) is 6.36. The summed E-state index contributed by atoms with van der Waals surface area (Å²) in [5.41, 5.74) is 1.71. The standard InChI is InChI=1S/C18H23N3O3/c1-11-4-5-14-15(8-11)18(24)21(17(14)23)12(2)16(22)20-7-6-13(10-20)9-19-3/h4-5,8,12-13,19H,6-7,9-10H2,1-3H3. The predicted molar refractivity (Wildman–Crippen MR) is 89.8 cm³/mol. The van der Waals surface area contributed by atoms with Crippen molar-refractivity contribution in [1.29, 1.82) is 0 Å². The molecule has 0 aliphatic carbocycles. The van der Waals surface area contributed by atoms with Crippen LogP contribution in [0.3, 0.4) is 0 Å². The average molecular weight is 329 g/mol. The van der Waals surface area contributed by atoms with Crippen molar-refractivity contribution in [1.82, 2.24) is 15.1 Å². The molecular formula is C18H23N3O3. The first-order valence-electron chi connectivity index (χ1n) is 8.36. The van der Waals surface area contributed by atoms with Crippen molar-refractivity contribution >= 4 is 17.7 Å².